The summed E-state index contributed by atoms with van der Waals surface area (Å²) in [5.74, 6) is 0.705. The fraction of sp³-hybridized carbons (Fsp3) is 0.188. The molecule has 0 bridgehead atoms. The lowest BCUT2D eigenvalue weighted by Gasteiger charge is -2.57. The van der Waals surface area contributed by atoms with E-state index in [-0.39, 0.29) is 5.41 Å². The summed E-state index contributed by atoms with van der Waals surface area (Å²) in [5.41, 5.74) is 14.4. The van der Waals surface area contributed by atoms with E-state index in [2.05, 4.69) is 131 Å². The maximum atomic E-state index is 3.43. The molecule has 4 unspecified atom stereocenters. The molecule has 3 aliphatic heterocycles. The predicted molar refractivity (Wildman–Crippen MR) is 154 cm³/mol. The predicted octanol–water partition coefficient (Wildman–Crippen LogP) is 6.62. The third kappa shape index (κ3) is 3.21. The minimum atomic E-state index is -0.137. The van der Waals surface area contributed by atoms with Crippen molar-refractivity contribution in [1.82, 2.24) is 15.8 Å². The number of aromatic nitrogens is 1. The number of rotatable bonds is 2. The van der Waals surface area contributed by atoms with E-state index in [4.69, 9.17) is 0 Å². The van der Waals surface area contributed by atoms with Crippen molar-refractivity contribution in [3.8, 4) is 0 Å². The van der Waals surface area contributed by atoms with E-state index in [1.54, 1.807) is 0 Å². The Morgan fingerprint density at radius 1 is 0.757 bits per heavy atom. The van der Waals surface area contributed by atoms with Crippen LogP contribution in [0.5, 0.6) is 0 Å². The van der Waals surface area contributed by atoms with E-state index in [1.165, 1.54) is 43.5 Å². The van der Waals surface area contributed by atoms with Crippen molar-refractivity contribution in [2.24, 2.45) is 11.8 Å². The van der Waals surface area contributed by atoms with E-state index in [0.717, 1.165) is 6.54 Å². The van der Waals surface area contributed by atoms with Gasteiger partial charge in [0.1, 0.15) is 0 Å². The fourth-order valence-electron chi connectivity index (χ4n) is 6.97. The molecule has 3 N–H and O–H groups in total. The van der Waals surface area contributed by atoms with Gasteiger partial charge in [-0.25, -0.2) is 5.43 Å². The van der Waals surface area contributed by atoms with Crippen molar-refractivity contribution >= 4 is 29.1 Å². The number of hydrogen-bond acceptors (Lipinski definition) is 4. The van der Waals surface area contributed by atoms with Crippen LogP contribution < -0.4 is 10.9 Å². The Morgan fingerprint density at radius 3 is 2.08 bits per heavy atom. The Kier molecular flexibility index (Phi) is 5.01. The zero-order valence-electron chi connectivity index (χ0n) is 20.2. The van der Waals surface area contributed by atoms with Gasteiger partial charge in [0.25, 0.3) is 0 Å². The molecule has 1 fully saturated rings. The molecule has 0 saturated carbocycles. The number of H-pyrrole nitrogens is 1. The Hall–Kier alpha value is -3.12. The van der Waals surface area contributed by atoms with Crippen LogP contribution in [0.15, 0.2) is 130 Å². The van der Waals surface area contributed by atoms with Crippen LogP contribution in [-0.4, -0.2) is 22.0 Å². The van der Waals surface area contributed by atoms with E-state index < -0.39 is 0 Å². The topological polar surface area (TPSA) is 39.8 Å². The summed E-state index contributed by atoms with van der Waals surface area (Å²) in [5, 5.41) is 0.725. The van der Waals surface area contributed by atoms with E-state index in [0.29, 0.717) is 22.3 Å². The Bertz CT molecular complexity index is 1500. The third-order valence-electron chi connectivity index (χ3n) is 8.46. The number of thioether (sulfide) groups is 1. The maximum Gasteiger partial charge on any atom is 0.0530 e. The van der Waals surface area contributed by atoms with Gasteiger partial charge in [0.15, 0.2) is 0 Å². The molecular formula is C32H27N3S2. The van der Waals surface area contributed by atoms with Gasteiger partial charge < -0.3 is 10.4 Å². The van der Waals surface area contributed by atoms with Crippen LogP contribution in [0.4, 0.5) is 0 Å². The van der Waals surface area contributed by atoms with Gasteiger partial charge in [-0.1, -0.05) is 84.6 Å². The Labute approximate surface area is 225 Å². The maximum absolute atomic E-state index is 3.43. The van der Waals surface area contributed by atoms with Gasteiger partial charge >= 0.3 is 0 Å². The molecule has 0 amide bonds. The highest BCUT2D eigenvalue weighted by Crippen LogP contribution is 2.64. The van der Waals surface area contributed by atoms with Crippen molar-refractivity contribution in [2.45, 2.75) is 25.7 Å². The van der Waals surface area contributed by atoms with E-state index in [1.807, 2.05) is 18.0 Å². The van der Waals surface area contributed by atoms with Crippen molar-refractivity contribution in [3.63, 3.8) is 0 Å². The molecule has 1 aromatic heterocycles. The van der Waals surface area contributed by atoms with Crippen LogP contribution in [0, 0.1) is 11.8 Å². The molecular weight excluding hydrogens is 491 g/mol. The van der Waals surface area contributed by atoms with Crippen LogP contribution in [0.1, 0.15) is 16.8 Å². The van der Waals surface area contributed by atoms with Gasteiger partial charge in [-0.05, 0) is 52.6 Å². The van der Waals surface area contributed by atoms with Crippen molar-refractivity contribution in [2.75, 3.05) is 6.54 Å². The molecule has 2 aliphatic carbocycles. The van der Waals surface area contributed by atoms with E-state index >= 15 is 0 Å². The number of hydrogen-bond donors (Lipinski definition) is 3. The van der Waals surface area contributed by atoms with Crippen LogP contribution in [-0.2, 0) is 5.41 Å². The number of nitrogens with one attached hydrogen (secondary N) is 3. The molecule has 3 nitrogen and oxygen atoms in total. The number of fused-ring (bicyclic) bond motifs is 8. The van der Waals surface area contributed by atoms with Gasteiger partial charge in [0, 0.05) is 56.0 Å². The zero-order chi connectivity index (χ0) is 24.4. The lowest BCUT2D eigenvalue weighted by atomic mass is 9.55. The molecule has 0 radical (unpaired) electrons. The van der Waals surface area contributed by atoms with Gasteiger partial charge in [-0.2, -0.15) is 0 Å². The molecule has 5 heteroatoms. The number of hydrazine groups is 1. The van der Waals surface area contributed by atoms with Crippen LogP contribution >= 0.6 is 23.5 Å². The molecule has 182 valence electrons. The summed E-state index contributed by atoms with van der Waals surface area (Å²) >= 11 is 4.06. The number of benzene rings is 2. The summed E-state index contributed by atoms with van der Waals surface area (Å²) < 4.78 is 0. The van der Waals surface area contributed by atoms with Crippen molar-refractivity contribution in [1.29, 1.82) is 0 Å². The average molecular weight is 518 g/mol. The minimum absolute atomic E-state index is 0.137. The molecule has 1 spiro atoms. The molecule has 4 heterocycles. The molecule has 3 aromatic rings. The van der Waals surface area contributed by atoms with Crippen molar-refractivity contribution in [3.05, 3.63) is 137 Å². The molecule has 2 aromatic carbocycles. The Morgan fingerprint density at radius 2 is 1.43 bits per heavy atom. The molecule has 1 saturated heterocycles. The van der Waals surface area contributed by atoms with Gasteiger partial charge in [0.2, 0.25) is 0 Å². The molecule has 5 aliphatic rings. The quantitative estimate of drug-likeness (QED) is 0.357. The lowest BCUT2D eigenvalue weighted by Crippen LogP contribution is -2.55. The first-order chi connectivity index (χ1) is 18.3. The number of allylic oxidation sites excluding steroid dienone is 5. The van der Waals surface area contributed by atoms with Crippen LogP contribution in [0.3, 0.4) is 0 Å². The van der Waals surface area contributed by atoms with Crippen LogP contribution in [0.25, 0.3) is 5.57 Å². The summed E-state index contributed by atoms with van der Waals surface area (Å²) in [6, 6.07) is 22.6. The highest BCUT2D eigenvalue weighted by Gasteiger charge is 2.58. The first-order valence-corrected chi connectivity index (χ1v) is 14.7. The Balaban J connectivity index is 1.36. The molecule has 8 rings (SSSR count). The highest BCUT2D eigenvalue weighted by molar-refractivity contribution is 8.01. The summed E-state index contributed by atoms with van der Waals surface area (Å²) in [6.45, 7) is 0.863. The highest BCUT2D eigenvalue weighted by atomic mass is 32.2. The monoisotopic (exact) mass is 517 g/mol. The van der Waals surface area contributed by atoms with E-state index in [9.17, 15) is 0 Å². The largest absolute Gasteiger partial charge is 0.361 e. The summed E-state index contributed by atoms with van der Waals surface area (Å²) in [7, 11) is 0. The summed E-state index contributed by atoms with van der Waals surface area (Å²) in [4.78, 5) is 6.22. The SMILES string of the molecule is C1=CC2C(C=C1C1=CCNN1)SC1C=C(c3ccc[nH]3)C=CC1C21c2ccccc2Sc2ccccc21. The van der Waals surface area contributed by atoms with Crippen LogP contribution in [0.2, 0.25) is 0 Å². The smallest absolute Gasteiger partial charge is 0.0530 e. The zero-order valence-corrected chi connectivity index (χ0v) is 21.9. The number of aromatic amines is 1. The van der Waals surface area contributed by atoms with Gasteiger partial charge in [-0.3, -0.25) is 0 Å². The normalized spacial score (nSPS) is 28.3. The summed E-state index contributed by atoms with van der Waals surface area (Å²) in [6.07, 6.45) is 19.1. The molecule has 4 atom stereocenters. The minimum Gasteiger partial charge on any atom is -0.361 e. The molecule has 37 heavy (non-hydrogen) atoms. The second-order valence-corrected chi connectivity index (χ2v) is 12.7. The van der Waals surface area contributed by atoms with Gasteiger partial charge in [0.05, 0.1) is 5.70 Å². The standard InChI is InChI=1S/C32H27N3S2/c1-3-9-28-22(6-1)32(23-7-2-4-10-29(23)36-28)24-13-11-20(26-8-5-16-33-26)18-30(24)37-31-19-21(12-14-25(31)32)27-15-17-34-35-27/h1-16,18-19,24-25,30-31,33-35H,17H2. The average Bonchev–Trinajstić information content (AvgIpc) is 3.68. The second-order valence-electron chi connectivity index (χ2n) is 10.3. The third-order valence-corrected chi connectivity index (χ3v) is 11.1. The fourth-order valence-corrected chi connectivity index (χ4v) is 9.95. The first kappa shape index (κ1) is 21.9. The lowest BCUT2D eigenvalue weighted by molar-refractivity contribution is 0.273. The second kappa shape index (κ2) is 8.45. The van der Waals surface area contributed by atoms with Gasteiger partial charge in [-0.15, -0.1) is 11.8 Å². The first-order valence-electron chi connectivity index (χ1n) is 13.0. The van der Waals surface area contributed by atoms with Crippen molar-refractivity contribution < 1.29 is 0 Å².